The zero-order valence-electron chi connectivity index (χ0n) is 17.2. The second-order valence-electron chi connectivity index (χ2n) is 6.63. The lowest BCUT2D eigenvalue weighted by Crippen LogP contribution is -2.49. The van der Waals surface area contributed by atoms with Gasteiger partial charge in [0, 0.05) is 50.6 Å². The van der Waals surface area contributed by atoms with Crippen molar-refractivity contribution in [2.24, 2.45) is 0 Å². The van der Waals surface area contributed by atoms with Gasteiger partial charge in [0.1, 0.15) is 5.82 Å². The van der Waals surface area contributed by atoms with E-state index in [4.69, 9.17) is 9.47 Å². The van der Waals surface area contributed by atoms with Gasteiger partial charge in [-0.15, -0.1) is 0 Å². The van der Waals surface area contributed by atoms with Gasteiger partial charge >= 0.3 is 0 Å². The van der Waals surface area contributed by atoms with Crippen molar-refractivity contribution in [1.29, 1.82) is 0 Å². The van der Waals surface area contributed by atoms with Crippen molar-refractivity contribution in [3.8, 4) is 11.5 Å². The first-order valence-electron chi connectivity index (χ1n) is 9.45. The van der Waals surface area contributed by atoms with Gasteiger partial charge in [-0.2, -0.15) is 9.29 Å². The molecule has 0 amide bonds. The molecule has 1 aliphatic heterocycles. The standard InChI is InChI=1S/C19H27N5O4S/c1-5-20-19-21-14(2)12-18(22-19)23-8-10-24(11-9-23)29(25,26)15-6-7-16(27-3)17(13-15)28-4/h6-7,12-13H,5,8-11H2,1-4H3,(H,20,21,22). The zero-order valence-corrected chi connectivity index (χ0v) is 18.0. The molecule has 0 unspecified atom stereocenters. The van der Waals surface area contributed by atoms with Crippen LogP contribution in [0.5, 0.6) is 11.5 Å². The molecular weight excluding hydrogens is 394 g/mol. The first kappa shape index (κ1) is 21.1. The summed E-state index contributed by atoms with van der Waals surface area (Å²) < 4.78 is 38.1. The normalized spacial score (nSPS) is 15.2. The average molecular weight is 422 g/mol. The van der Waals surface area contributed by atoms with Crippen LogP contribution in [0.2, 0.25) is 0 Å². The molecule has 0 atom stereocenters. The van der Waals surface area contributed by atoms with E-state index < -0.39 is 10.0 Å². The van der Waals surface area contributed by atoms with E-state index in [0.717, 1.165) is 18.1 Å². The van der Waals surface area contributed by atoms with Gasteiger partial charge in [-0.05, 0) is 26.0 Å². The minimum absolute atomic E-state index is 0.191. The molecule has 0 spiro atoms. The molecule has 1 aliphatic rings. The number of aryl methyl sites for hydroxylation is 1. The third kappa shape index (κ3) is 4.54. The van der Waals surface area contributed by atoms with E-state index in [1.165, 1.54) is 24.6 Å². The predicted octanol–water partition coefficient (Wildman–Crippen LogP) is 1.74. The van der Waals surface area contributed by atoms with Gasteiger partial charge in [-0.25, -0.2) is 13.4 Å². The molecule has 29 heavy (non-hydrogen) atoms. The lowest BCUT2D eigenvalue weighted by molar-refractivity contribution is 0.353. The molecule has 3 rings (SSSR count). The van der Waals surface area contributed by atoms with E-state index in [0.29, 0.717) is 43.6 Å². The van der Waals surface area contributed by atoms with Gasteiger partial charge in [-0.3, -0.25) is 0 Å². The molecule has 0 radical (unpaired) electrons. The van der Waals surface area contributed by atoms with Gasteiger partial charge in [0.15, 0.2) is 11.5 Å². The van der Waals surface area contributed by atoms with Gasteiger partial charge < -0.3 is 19.7 Å². The number of nitrogens with one attached hydrogen (secondary N) is 1. The maximum atomic E-state index is 13.1. The minimum Gasteiger partial charge on any atom is -0.493 e. The minimum atomic E-state index is -3.62. The highest BCUT2D eigenvalue weighted by Gasteiger charge is 2.30. The Kier molecular flexibility index (Phi) is 6.43. The van der Waals surface area contributed by atoms with Crippen molar-refractivity contribution in [3.05, 3.63) is 30.0 Å². The Morgan fingerprint density at radius 1 is 1.03 bits per heavy atom. The highest BCUT2D eigenvalue weighted by Crippen LogP contribution is 2.31. The van der Waals surface area contributed by atoms with Crippen molar-refractivity contribution in [3.63, 3.8) is 0 Å². The number of benzene rings is 1. The Morgan fingerprint density at radius 3 is 2.34 bits per heavy atom. The summed E-state index contributed by atoms with van der Waals surface area (Å²) in [6.45, 7) is 6.49. The average Bonchev–Trinajstić information content (AvgIpc) is 2.73. The van der Waals surface area contributed by atoms with Crippen LogP contribution in [-0.2, 0) is 10.0 Å². The summed E-state index contributed by atoms with van der Waals surface area (Å²) >= 11 is 0. The van der Waals surface area contributed by atoms with E-state index >= 15 is 0 Å². The van der Waals surface area contributed by atoms with E-state index in [9.17, 15) is 8.42 Å². The summed E-state index contributed by atoms with van der Waals surface area (Å²) in [5.41, 5.74) is 0.867. The van der Waals surface area contributed by atoms with Crippen LogP contribution in [0.1, 0.15) is 12.6 Å². The Bertz CT molecular complexity index is 959. The predicted molar refractivity (Wildman–Crippen MR) is 111 cm³/mol. The fraction of sp³-hybridized carbons (Fsp3) is 0.474. The third-order valence-corrected chi connectivity index (χ3v) is 6.63. The Balaban J connectivity index is 1.75. The number of methoxy groups -OCH3 is 2. The Hall–Kier alpha value is -2.59. The molecule has 0 saturated carbocycles. The van der Waals surface area contributed by atoms with Crippen molar-refractivity contribution >= 4 is 21.8 Å². The number of ether oxygens (including phenoxy) is 2. The summed E-state index contributed by atoms with van der Waals surface area (Å²) in [5.74, 6) is 2.27. The smallest absolute Gasteiger partial charge is 0.243 e. The van der Waals surface area contributed by atoms with Gasteiger partial charge in [0.2, 0.25) is 16.0 Å². The van der Waals surface area contributed by atoms with Crippen molar-refractivity contribution in [1.82, 2.24) is 14.3 Å². The van der Waals surface area contributed by atoms with Crippen LogP contribution in [0.15, 0.2) is 29.2 Å². The van der Waals surface area contributed by atoms with Crippen LogP contribution in [0.3, 0.4) is 0 Å². The summed E-state index contributed by atoms with van der Waals surface area (Å²) in [4.78, 5) is 11.2. The summed E-state index contributed by atoms with van der Waals surface area (Å²) in [6, 6.07) is 6.56. The first-order valence-corrected chi connectivity index (χ1v) is 10.9. The number of hydrogen-bond acceptors (Lipinski definition) is 8. The molecule has 1 N–H and O–H groups in total. The topological polar surface area (TPSA) is 96.9 Å². The van der Waals surface area contributed by atoms with Crippen LogP contribution in [0, 0.1) is 6.92 Å². The van der Waals surface area contributed by atoms with Crippen LogP contribution >= 0.6 is 0 Å². The number of piperazine rings is 1. The molecule has 0 aliphatic carbocycles. The van der Waals surface area contributed by atoms with Gasteiger partial charge in [0.25, 0.3) is 0 Å². The lowest BCUT2D eigenvalue weighted by atomic mass is 10.3. The fourth-order valence-electron chi connectivity index (χ4n) is 3.23. The second-order valence-corrected chi connectivity index (χ2v) is 8.57. The molecule has 0 bridgehead atoms. The van der Waals surface area contributed by atoms with E-state index in [2.05, 4.69) is 20.2 Å². The number of hydrogen-bond donors (Lipinski definition) is 1. The second kappa shape index (κ2) is 8.83. The Morgan fingerprint density at radius 2 is 1.72 bits per heavy atom. The largest absolute Gasteiger partial charge is 0.493 e. The monoisotopic (exact) mass is 421 g/mol. The van der Waals surface area contributed by atoms with E-state index in [1.54, 1.807) is 12.1 Å². The number of nitrogens with zero attached hydrogens (tertiary/aromatic N) is 4. The number of aromatic nitrogens is 2. The van der Waals surface area contributed by atoms with Crippen LogP contribution < -0.4 is 19.7 Å². The Labute approximate surface area is 171 Å². The zero-order chi connectivity index (χ0) is 21.0. The van der Waals surface area contributed by atoms with Crippen molar-refractivity contribution in [2.45, 2.75) is 18.7 Å². The fourth-order valence-corrected chi connectivity index (χ4v) is 4.67. The SMILES string of the molecule is CCNc1nc(C)cc(N2CCN(S(=O)(=O)c3ccc(OC)c(OC)c3)CC2)n1. The summed E-state index contributed by atoms with van der Waals surface area (Å²) in [7, 11) is -0.624. The van der Waals surface area contributed by atoms with Crippen LogP contribution in [-0.4, -0.2) is 69.6 Å². The third-order valence-electron chi connectivity index (χ3n) is 4.73. The highest BCUT2D eigenvalue weighted by molar-refractivity contribution is 7.89. The maximum absolute atomic E-state index is 13.1. The molecule has 1 aromatic heterocycles. The van der Waals surface area contributed by atoms with E-state index in [1.807, 2.05) is 19.9 Å². The maximum Gasteiger partial charge on any atom is 0.243 e. The first-order chi connectivity index (χ1) is 13.9. The van der Waals surface area contributed by atoms with Crippen LogP contribution in [0.4, 0.5) is 11.8 Å². The molecule has 1 aromatic carbocycles. The molecular formula is C19H27N5O4S. The quantitative estimate of drug-likeness (QED) is 0.722. The van der Waals surface area contributed by atoms with Gasteiger partial charge in [0.05, 0.1) is 19.1 Å². The van der Waals surface area contributed by atoms with Crippen molar-refractivity contribution < 1.29 is 17.9 Å². The molecule has 1 fully saturated rings. The van der Waals surface area contributed by atoms with E-state index in [-0.39, 0.29) is 4.90 Å². The highest BCUT2D eigenvalue weighted by atomic mass is 32.2. The molecule has 158 valence electrons. The van der Waals surface area contributed by atoms with Gasteiger partial charge in [-0.1, -0.05) is 0 Å². The number of rotatable bonds is 7. The van der Waals surface area contributed by atoms with Crippen molar-refractivity contribution in [2.75, 3.05) is 57.2 Å². The van der Waals surface area contributed by atoms with Crippen LogP contribution in [0.25, 0.3) is 0 Å². The summed E-state index contributed by atoms with van der Waals surface area (Å²) in [5, 5.41) is 3.13. The molecule has 9 nitrogen and oxygen atoms in total. The molecule has 2 aromatic rings. The number of sulfonamides is 1. The molecule has 2 heterocycles. The lowest BCUT2D eigenvalue weighted by Gasteiger charge is -2.34. The summed E-state index contributed by atoms with van der Waals surface area (Å²) in [6.07, 6.45) is 0. The number of anilines is 2. The molecule has 10 heteroatoms. The molecule has 1 saturated heterocycles.